The van der Waals surface area contributed by atoms with E-state index in [2.05, 4.69) is 0 Å². The van der Waals surface area contributed by atoms with Gasteiger partial charge in [-0.1, -0.05) is 29.8 Å². The Labute approximate surface area is 249 Å². The monoisotopic (exact) mass is 584 g/mol. The highest BCUT2D eigenvalue weighted by Gasteiger charge is 2.26. The molecule has 0 aliphatic rings. The predicted octanol–water partition coefficient (Wildman–Crippen LogP) is 5.11. The van der Waals surface area contributed by atoms with Crippen molar-refractivity contribution in [1.82, 2.24) is 9.80 Å². The lowest BCUT2D eigenvalue weighted by molar-refractivity contribution is -0.159. The summed E-state index contributed by atoms with van der Waals surface area (Å²) in [7, 11) is 6.99. The van der Waals surface area contributed by atoms with Crippen molar-refractivity contribution >= 4 is 24.0 Å². The van der Waals surface area contributed by atoms with Crippen LogP contribution in [0.25, 0.3) is 17.2 Å². The van der Waals surface area contributed by atoms with Crippen LogP contribution < -0.4 is 0 Å². The van der Waals surface area contributed by atoms with Crippen molar-refractivity contribution < 1.29 is 33.0 Å². The molecular formula is C33H45FN2O6. The average Bonchev–Trinajstić information content (AvgIpc) is 2.82. The number of rotatable bonds is 14. The van der Waals surface area contributed by atoms with E-state index in [0.717, 1.165) is 27.8 Å². The van der Waals surface area contributed by atoms with E-state index in [1.807, 2.05) is 32.1 Å². The molecule has 0 fully saturated rings. The van der Waals surface area contributed by atoms with Gasteiger partial charge in [0.25, 0.3) is 0 Å². The van der Waals surface area contributed by atoms with Crippen LogP contribution in [-0.4, -0.2) is 87.3 Å². The normalized spacial score (nSPS) is 13.1. The second-order valence-corrected chi connectivity index (χ2v) is 11.5. The minimum atomic E-state index is -0.885. The highest BCUT2D eigenvalue weighted by atomic mass is 19.1. The van der Waals surface area contributed by atoms with E-state index >= 15 is 0 Å². The number of halogens is 1. The van der Waals surface area contributed by atoms with Crippen LogP contribution in [0.2, 0.25) is 0 Å². The number of ether oxygens (including phenoxy) is 3. The minimum absolute atomic E-state index is 0.0274. The van der Waals surface area contributed by atoms with Crippen molar-refractivity contribution in [2.24, 2.45) is 0 Å². The van der Waals surface area contributed by atoms with Gasteiger partial charge in [0.15, 0.2) is 0 Å². The number of esters is 3. The summed E-state index contributed by atoms with van der Waals surface area (Å²) in [6.45, 7) is 9.25. The van der Waals surface area contributed by atoms with Crippen molar-refractivity contribution in [3.8, 4) is 11.1 Å². The molecule has 0 spiro atoms. The lowest BCUT2D eigenvalue weighted by Crippen LogP contribution is -2.34. The Kier molecular flexibility index (Phi) is 13.3. The molecule has 9 heteroatoms. The quantitative estimate of drug-likeness (QED) is 0.224. The number of nitrogens with zero attached hydrogens (tertiary/aromatic N) is 2. The van der Waals surface area contributed by atoms with Crippen LogP contribution in [0.1, 0.15) is 48.9 Å². The highest BCUT2D eigenvalue weighted by molar-refractivity contribution is 5.79. The zero-order valence-electron chi connectivity index (χ0n) is 26.3. The Bertz CT molecular complexity index is 1250. The van der Waals surface area contributed by atoms with Crippen LogP contribution in [0.3, 0.4) is 0 Å². The zero-order valence-corrected chi connectivity index (χ0v) is 26.3. The number of carbonyl (C=O) groups is 3. The van der Waals surface area contributed by atoms with E-state index in [0.29, 0.717) is 5.56 Å². The summed E-state index contributed by atoms with van der Waals surface area (Å²) in [6.07, 6.45) is 1.44. The summed E-state index contributed by atoms with van der Waals surface area (Å²) in [5.41, 5.74) is 5.20. The minimum Gasteiger partial charge on any atom is -0.463 e. The predicted molar refractivity (Wildman–Crippen MR) is 162 cm³/mol. The first-order valence-electron chi connectivity index (χ1n) is 14.1. The Morgan fingerprint density at radius 2 is 1.45 bits per heavy atom. The molecule has 0 heterocycles. The van der Waals surface area contributed by atoms with Crippen molar-refractivity contribution in [1.29, 1.82) is 0 Å². The molecule has 0 N–H and O–H groups in total. The maximum absolute atomic E-state index is 14.0. The first-order valence-corrected chi connectivity index (χ1v) is 14.1. The fraction of sp³-hybridized carbons (Fsp3) is 0.485. The molecule has 0 saturated heterocycles. The van der Waals surface area contributed by atoms with Gasteiger partial charge in [0.2, 0.25) is 0 Å². The molecule has 8 nitrogen and oxygen atoms in total. The van der Waals surface area contributed by atoms with Crippen molar-refractivity contribution in [2.75, 3.05) is 41.3 Å². The SMILES string of the molecule is Cc1cc(C)c(/C=C/[C@H](C[C@H](CC(=O)OC(C)C)OC(=O)CN(C)C)OC(=O)CN(C)C)c(-c2ccc(F)c(C)c2)c1. The molecule has 2 aromatic carbocycles. The van der Waals surface area contributed by atoms with E-state index in [4.69, 9.17) is 14.2 Å². The maximum Gasteiger partial charge on any atom is 0.320 e. The molecule has 0 aliphatic heterocycles. The molecule has 0 aromatic heterocycles. The van der Waals surface area contributed by atoms with E-state index in [9.17, 15) is 18.8 Å². The molecule has 2 aromatic rings. The van der Waals surface area contributed by atoms with Crippen molar-refractivity contribution in [3.05, 3.63) is 64.5 Å². The van der Waals surface area contributed by atoms with E-state index < -0.39 is 30.1 Å². The van der Waals surface area contributed by atoms with Crippen molar-refractivity contribution in [2.45, 2.75) is 65.8 Å². The Hall–Kier alpha value is -3.56. The summed E-state index contributed by atoms with van der Waals surface area (Å²) in [6, 6.07) is 9.06. The van der Waals surface area contributed by atoms with Crippen LogP contribution >= 0.6 is 0 Å². The molecule has 2 atom stereocenters. The molecular weight excluding hydrogens is 539 g/mol. The smallest absolute Gasteiger partial charge is 0.320 e. The molecule has 0 saturated carbocycles. The molecule has 0 amide bonds. The third-order valence-electron chi connectivity index (χ3n) is 6.21. The van der Waals surface area contributed by atoms with Gasteiger partial charge in [-0.05, 0) is 109 Å². The number of likely N-dealkylation sites (N-methyl/N-ethyl adjacent to an activating group) is 2. The summed E-state index contributed by atoms with van der Waals surface area (Å²) in [5, 5.41) is 0. The van der Waals surface area contributed by atoms with Crippen LogP contribution in [0.5, 0.6) is 0 Å². The lowest BCUT2D eigenvalue weighted by atomic mass is 9.92. The Balaban J connectivity index is 2.49. The number of hydrogen-bond donors (Lipinski definition) is 0. The number of benzene rings is 2. The zero-order chi connectivity index (χ0) is 31.6. The van der Waals surface area contributed by atoms with Gasteiger partial charge in [-0.25, -0.2) is 4.39 Å². The fourth-order valence-electron chi connectivity index (χ4n) is 4.50. The molecule has 0 bridgehead atoms. The maximum atomic E-state index is 14.0. The summed E-state index contributed by atoms with van der Waals surface area (Å²) < 4.78 is 30.8. The Morgan fingerprint density at radius 3 is 2.02 bits per heavy atom. The Morgan fingerprint density at radius 1 is 0.833 bits per heavy atom. The fourth-order valence-corrected chi connectivity index (χ4v) is 4.50. The van der Waals surface area contributed by atoms with Gasteiger partial charge in [0.1, 0.15) is 18.0 Å². The topological polar surface area (TPSA) is 85.4 Å². The third-order valence-corrected chi connectivity index (χ3v) is 6.21. The number of hydrogen-bond acceptors (Lipinski definition) is 8. The second-order valence-electron chi connectivity index (χ2n) is 11.5. The molecule has 230 valence electrons. The van der Waals surface area contributed by atoms with Crippen molar-refractivity contribution in [3.63, 3.8) is 0 Å². The lowest BCUT2D eigenvalue weighted by Gasteiger charge is -2.23. The standard InChI is InChI=1S/C33H45FN2O6/c1-21(2)40-31(37)18-27(42-33(39)20-36(8)9)17-26(41-32(38)19-35(6)7)11-12-28-23(4)14-22(3)15-29(28)25-10-13-30(34)24(5)16-25/h10-16,21,26-27H,17-20H2,1-9H3/b12-11+/t26-,27-/m1/s1. The first kappa shape index (κ1) is 34.6. The van der Waals surface area contributed by atoms with Crippen LogP contribution in [0.4, 0.5) is 4.39 Å². The molecule has 0 aliphatic carbocycles. The van der Waals surface area contributed by atoms with Crippen LogP contribution in [0.15, 0.2) is 36.4 Å². The van der Waals surface area contributed by atoms with Gasteiger partial charge in [0, 0.05) is 6.42 Å². The van der Waals surface area contributed by atoms with Crippen LogP contribution in [0, 0.1) is 26.6 Å². The second kappa shape index (κ2) is 16.2. The third kappa shape index (κ3) is 11.7. The average molecular weight is 585 g/mol. The summed E-state index contributed by atoms with van der Waals surface area (Å²) in [4.78, 5) is 41.2. The van der Waals surface area contributed by atoms with Gasteiger partial charge in [-0.15, -0.1) is 0 Å². The molecule has 0 radical (unpaired) electrons. The largest absolute Gasteiger partial charge is 0.463 e. The summed E-state index contributed by atoms with van der Waals surface area (Å²) in [5.74, 6) is -1.77. The van der Waals surface area contributed by atoms with Gasteiger partial charge in [-0.2, -0.15) is 0 Å². The van der Waals surface area contributed by atoms with E-state index in [1.165, 1.54) is 6.07 Å². The van der Waals surface area contributed by atoms with Gasteiger partial charge >= 0.3 is 17.9 Å². The number of carbonyl (C=O) groups excluding carboxylic acids is 3. The van der Waals surface area contributed by atoms with Gasteiger partial charge < -0.3 is 14.2 Å². The van der Waals surface area contributed by atoms with E-state index in [-0.39, 0.29) is 37.9 Å². The van der Waals surface area contributed by atoms with Crippen LogP contribution in [-0.2, 0) is 28.6 Å². The molecule has 2 rings (SSSR count). The highest BCUT2D eigenvalue weighted by Crippen LogP contribution is 2.31. The first-order chi connectivity index (χ1) is 19.6. The summed E-state index contributed by atoms with van der Waals surface area (Å²) >= 11 is 0. The van der Waals surface area contributed by atoms with E-state index in [1.54, 1.807) is 77.0 Å². The van der Waals surface area contributed by atoms with Gasteiger partial charge in [0.05, 0.1) is 25.6 Å². The molecule has 0 unspecified atom stereocenters. The van der Waals surface area contributed by atoms with Gasteiger partial charge in [-0.3, -0.25) is 24.2 Å². The number of aryl methyl sites for hydroxylation is 3. The molecule has 42 heavy (non-hydrogen) atoms.